The molecule has 6 heteroatoms. The van der Waals surface area contributed by atoms with Gasteiger partial charge in [-0.2, -0.15) is 4.98 Å². The van der Waals surface area contributed by atoms with Gasteiger partial charge in [0, 0.05) is 0 Å². The first-order valence-electron chi connectivity index (χ1n) is 4.53. The minimum Gasteiger partial charge on any atom is -0.462 e. The maximum absolute atomic E-state index is 8.78. The third-order valence-electron chi connectivity index (χ3n) is 1.86. The van der Waals surface area contributed by atoms with E-state index in [9.17, 15) is 0 Å². The van der Waals surface area contributed by atoms with Crippen LogP contribution in [0.1, 0.15) is 17.3 Å². The van der Waals surface area contributed by atoms with E-state index in [2.05, 4.69) is 20.0 Å². The number of aliphatic hydroxyl groups is 1. The Bertz CT molecular complexity index is 396. The molecular formula is C9H11N3O3. The summed E-state index contributed by atoms with van der Waals surface area (Å²) in [5.41, 5.74) is 0. The van der Waals surface area contributed by atoms with E-state index in [1.165, 1.54) is 6.39 Å². The molecule has 2 aromatic rings. The number of hydrogen-bond acceptors (Lipinski definition) is 6. The first-order valence-corrected chi connectivity index (χ1v) is 4.53. The zero-order chi connectivity index (χ0) is 10.5. The number of nitrogens with zero attached hydrogens (tertiary/aromatic N) is 2. The van der Waals surface area contributed by atoms with E-state index in [4.69, 9.17) is 9.52 Å². The van der Waals surface area contributed by atoms with Gasteiger partial charge in [-0.25, -0.2) is 0 Å². The smallest absolute Gasteiger partial charge is 0.213 e. The fraction of sp³-hybridized carbons (Fsp3) is 0.333. The molecule has 0 aliphatic heterocycles. The molecule has 0 unspecified atom stereocenters. The summed E-state index contributed by atoms with van der Waals surface area (Å²) in [7, 11) is 0. The molecule has 2 rings (SSSR count). The van der Waals surface area contributed by atoms with Crippen LogP contribution < -0.4 is 5.32 Å². The van der Waals surface area contributed by atoms with E-state index in [0.717, 1.165) is 5.76 Å². The molecule has 0 spiro atoms. The predicted molar refractivity (Wildman–Crippen MR) is 49.5 cm³/mol. The van der Waals surface area contributed by atoms with Crippen molar-refractivity contribution >= 4 is 0 Å². The average Bonchev–Trinajstić information content (AvgIpc) is 2.88. The number of rotatable bonds is 5. The summed E-state index contributed by atoms with van der Waals surface area (Å²) in [6, 6.07) is 3.56. The molecule has 0 radical (unpaired) electrons. The van der Waals surface area contributed by atoms with Crippen molar-refractivity contribution in [2.75, 3.05) is 0 Å². The van der Waals surface area contributed by atoms with E-state index in [1.807, 2.05) is 6.07 Å². The largest absolute Gasteiger partial charge is 0.462 e. The SMILES string of the molecule is OCc1ccc(CNCc2ncon2)o1. The van der Waals surface area contributed by atoms with Crippen molar-refractivity contribution in [3.63, 3.8) is 0 Å². The second-order valence-corrected chi connectivity index (χ2v) is 2.98. The lowest BCUT2D eigenvalue weighted by Crippen LogP contribution is -2.13. The number of nitrogens with one attached hydrogen (secondary N) is 1. The Balaban J connectivity index is 1.78. The lowest BCUT2D eigenvalue weighted by Gasteiger charge is -1.97. The van der Waals surface area contributed by atoms with Gasteiger partial charge in [0.25, 0.3) is 0 Å². The maximum atomic E-state index is 8.78. The second-order valence-electron chi connectivity index (χ2n) is 2.98. The minimum atomic E-state index is -0.0785. The second kappa shape index (κ2) is 4.72. The molecule has 0 saturated heterocycles. The van der Waals surface area contributed by atoms with Crippen LogP contribution in [0.25, 0.3) is 0 Å². The maximum Gasteiger partial charge on any atom is 0.213 e. The Morgan fingerprint density at radius 3 is 2.80 bits per heavy atom. The molecule has 0 saturated carbocycles. The van der Waals surface area contributed by atoms with Crippen molar-refractivity contribution in [2.45, 2.75) is 19.7 Å². The highest BCUT2D eigenvalue weighted by Gasteiger charge is 2.01. The Labute approximate surface area is 85.9 Å². The van der Waals surface area contributed by atoms with Crippen molar-refractivity contribution in [2.24, 2.45) is 0 Å². The van der Waals surface area contributed by atoms with Crippen LogP contribution in [0.15, 0.2) is 27.5 Å². The lowest BCUT2D eigenvalue weighted by atomic mass is 10.4. The Morgan fingerprint density at radius 1 is 1.27 bits per heavy atom. The fourth-order valence-corrected chi connectivity index (χ4v) is 1.17. The van der Waals surface area contributed by atoms with Crippen LogP contribution in [0.5, 0.6) is 0 Å². The summed E-state index contributed by atoms with van der Waals surface area (Å²) < 4.78 is 9.86. The van der Waals surface area contributed by atoms with Gasteiger partial charge >= 0.3 is 0 Å². The van der Waals surface area contributed by atoms with Gasteiger partial charge in [0.15, 0.2) is 5.82 Å². The van der Waals surface area contributed by atoms with E-state index < -0.39 is 0 Å². The van der Waals surface area contributed by atoms with Crippen molar-refractivity contribution in [3.8, 4) is 0 Å². The number of aliphatic hydroxyl groups excluding tert-OH is 1. The first-order chi connectivity index (χ1) is 7.38. The minimum absolute atomic E-state index is 0.0785. The molecule has 0 aliphatic rings. The van der Waals surface area contributed by atoms with Crippen LogP contribution in [0, 0.1) is 0 Å². The van der Waals surface area contributed by atoms with Crippen LogP contribution in [-0.2, 0) is 19.7 Å². The normalized spacial score (nSPS) is 10.7. The van der Waals surface area contributed by atoms with Crippen molar-refractivity contribution in [1.29, 1.82) is 0 Å². The predicted octanol–water partition coefficient (Wildman–Crippen LogP) is 0.445. The quantitative estimate of drug-likeness (QED) is 0.743. The van der Waals surface area contributed by atoms with Crippen LogP contribution in [0.4, 0.5) is 0 Å². The van der Waals surface area contributed by atoms with Gasteiger partial charge in [-0.3, -0.25) is 0 Å². The van der Waals surface area contributed by atoms with Crippen LogP contribution in [0.3, 0.4) is 0 Å². The molecule has 80 valence electrons. The summed E-state index contributed by atoms with van der Waals surface area (Å²) in [5.74, 6) is 1.93. The van der Waals surface area contributed by atoms with Crippen LogP contribution >= 0.6 is 0 Å². The van der Waals surface area contributed by atoms with Gasteiger partial charge in [-0.1, -0.05) is 5.16 Å². The zero-order valence-electron chi connectivity index (χ0n) is 8.01. The van der Waals surface area contributed by atoms with E-state index in [0.29, 0.717) is 24.7 Å². The third kappa shape index (κ3) is 2.64. The van der Waals surface area contributed by atoms with Crippen LogP contribution in [-0.4, -0.2) is 15.2 Å². The van der Waals surface area contributed by atoms with E-state index in [-0.39, 0.29) is 6.61 Å². The summed E-state index contributed by atoms with van der Waals surface area (Å²) >= 11 is 0. The van der Waals surface area contributed by atoms with Gasteiger partial charge in [0.1, 0.15) is 18.1 Å². The summed E-state index contributed by atoms with van der Waals surface area (Å²) in [6.07, 6.45) is 1.29. The summed E-state index contributed by atoms with van der Waals surface area (Å²) in [6.45, 7) is 1.00. The van der Waals surface area contributed by atoms with Crippen molar-refractivity contribution < 1.29 is 14.0 Å². The highest BCUT2D eigenvalue weighted by atomic mass is 16.5. The van der Waals surface area contributed by atoms with Gasteiger partial charge in [0.05, 0.1) is 13.1 Å². The zero-order valence-corrected chi connectivity index (χ0v) is 8.01. The molecule has 0 bridgehead atoms. The molecule has 6 nitrogen and oxygen atoms in total. The number of aromatic nitrogens is 2. The molecule has 0 amide bonds. The average molecular weight is 209 g/mol. The highest BCUT2D eigenvalue weighted by Crippen LogP contribution is 2.07. The van der Waals surface area contributed by atoms with E-state index in [1.54, 1.807) is 6.07 Å². The van der Waals surface area contributed by atoms with Gasteiger partial charge in [0.2, 0.25) is 6.39 Å². The fourth-order valence-electron chi connectivity index (χ4n) is 1.17. The molecular weight excluding hydrogens is 198 g/mol. The monoisotopic (exact) mass is 209 g/mol. The number of furan rings is 1. The Morgan fingerprint density at radius 2 is 2.13 bits per heavy atom. The van der Waals surface area contributed by atoms with Crippen LogP contribution in [0.2, 0.25) is 0 Å². The third-order valence-corrected chi connectivity index (χ3v) is 1.86. The first kappa shape index (κ1) is 9.88. The molecule has 0 atom stereocenters. The van der Waals surface area contributed by atoms with Gasteiger partial charge in [-0.05, 0) is 12.1 Å². The molecule has 2 N–H and O–H groups in total. The molecule has 2 heterocycles. The molecule has 0 aliphatic carbocycles. The Hall–Kier alpha value is -1.66. The van der Waals surface area contributed by atoms with Gasteiger partial charge < -0.3 is 19.4 Å². The standard InChI is InChI=1S/C9H11N3O3/c13-5-8-2-1-7(15-8)3-10-4-9-11-6-14-12-9/h1-2,6,10,13H,3-5H2. The van der Waals surface area contributed by atoms with Crippen molar-refractivity contribution in [3.05, 3.63) is 35.9 Å². The molecule has 15 heavy (non-hydrogen) atoms. The highest BCUT2D eigenvalue weighted by molar-refractivity contribution is 5.06. The number of hydrogen-bond donors (Lipinski definition) is 2. The molecule has 0 fully saturated rings. The lowest BCUT2D eigenvalue weighted by molar-refractivity contribution is 0.242. The molecule has 0 aromatic carbocycles. The summed E-state index contributed by atoms with van der Waals surface area (Å²) in [5, 5.41) is 15.5. The Kier molecular flexibility index (Phi) is 3.11. The van der Waals surface area contributed by atoms with Gasteiger partial charge in [-0.15, -0.1) is 0 Å². The van der Waals surface area contributed by atoms with E-state index >= 15 is 0 Å². The summed E-state index contributed by atoms with van der Waals surface area (Å²) in [4.78, 5) is 3.86. The molecule has 2 aromatic heterocycles. The van der Waals surface area contributed by atoms with Crippen molar-refractivity contribution in [1.82, 2.24) is 15.5 Å². The topological polar surface area (TPSA) is 84.3 Å².